The number of azide groups is 1. The van der Waals surface area contributed by atoms with Crippen molar-refractivity contribution in [3.05, 3.63) is 65.0 Å². The lowest BCUT2D eigenvalue weighted by molar-refractivity contribution is 0.115. The summed E-state index contributed by atoms with van der Waals surface area (Å²) in [6, 6.07) is 17.8. The molecule has 7 heteroatoms. The zero-order chi connectivity index (χ0) is 18.2. The molecule has 0 aliphatic carbocycles. The highest BCUT2D eigenvalue weighted by atomic mass is 16.5. The van der Waals surface area contributed by atoms with Gasteiger partial charge in [0.2, 0.25) is 0 Å². The first-order chi connectivity index (χ1) is 12.8. The zero-order valence-corrected chi connectivity index (χ0v) is 14.6. The lowest BCUT2D eigenvalue weighted by Crippen LogP contribution is -2.49. The van der Waals surface area contributed by atoms with Gasteiger partial charge in [-0.2, -0.15) is 0 Å². The Labute approximate surface area is 153 Å². The summed E-state index contributed by atoms with van der Waals surface area (Å²) in [6.45, 7) is 4.02. The molecule has 1 saturated heterocycles. The van der Waals surface area contributed by atoms with Crippen LogP contribution in [0.4, 0.5) is 5.69 Å². The summed E-state index contributed by atoms with van der Waals surface area (Å²) in [5.41, 5.74) is 9.40. The van der Waals surface area contributed by atoms with Crippen LogP contribution >= 0.6 is 0 Å². The predicted molar refractivity (Wildman–Crippen MR) is 102 cm³/mol. The highest BCUT2D eigenvalue weighted by molar-refractivity contribution is 5.59. The zero-order valence-electron chi connectivity index (χ0n) is 14.6. The van der Waals surface area contributed by atoms with Gasteiger partial charge >= 0.3 is 0 Å². The minimum Gasteiger partial charge on any atom is -0.455 e. The van der Waals surface area contributed by atoms with Crippen LogP contribution in [0.15, 0.2) is 59.7 Å². The van der Waals surface area contributed by atoms with Gasteiger partial charge in [0, 0.05) is 37.6 Å². The first kappa shape index (κ1) is 18.1. The van der Waals surface area contributed by atoms with Crippen LogP contribution in [0.5, 0.6) is 11.5 Å². The molecule has 2 aromatic carbocycles. The fourth-order valence-electron chi connectivity index (χ4n) is 3.08. The fourth-order valence-corrected chi connectivity index (χ4v) is 3.08. The maximum Gasteiger partial charge on any atom is 0.150 e. The molecular weight excluding hydrogens is 330 g/mol. The van der Waals surface area contributed by atoms with E-state index in [-0.39, 0.29) is 6.54 Å². The summed E-state index contributed by atoms with van der Waals surface area (Å²) in [7, 11) is 0. The number of rotatable bonds is 7. The van der Waals surface area contributed by atoms with Gasteiger partial charge in [-0.25, -0.2) is 0 Å². The normalized spacial score (nSPS) is 16.0. The number of hydrogen-bond donors (Lipinski definition) is 1. The van der Waals surface area contributed by atoms with Crippen LogP contribution in [0.2, 0.25) is 0 Å². The average molecular weight is 353 g/mol. The standard InChI is InChI=1S/C19H23N5O2/c20-22-21-14-16(25)15-23-10-12-24(13-11-23)18-8-4-5-9-19(18)26-17-6-2-1-3-7-17/h1-9,16,25H,10-15H2. The molecule has 2 aromatic rings. The topological polar surface area (TPSA) is 84.7 Å². The number of anilines is 1. The van der Waals surface area contributed by atoms with Gasteiger partial charge in [-0.1, -0.05) is 35.4 Å². The number of aliphatic hydroxyl groups is 1. The van der Waals surface area contributed by atoms with Crippen molar-refractivity contribution in [3.8, 4) is 11.5 Å². The van der Waals surface area contributed by atoms with E-state index in [0.29, 0.717) is 6.54 Å². The molecule has 1 aliphatic rings. The van der Waals surface area contributed by atoms with Crippen molar-refractivity contribution in [2.45, 2.75) is 6.10 Å². The Bertz CT molecular complexity index is 741. The highest BCUT2D eigenvalue weighted by Gasteiger charge is 2.21. The molecule has 1 N–H and O–H groups in total. The summed E-state index contributed by atoms with van der Waals surface area (Å²) in [4.78, 5) is 7.18. The Morgan fingerprint density at radius 2 is 1.73 bits per heavy atom. The van der Waals surface area contributed by atoms with E-state index in [2.05, 4.69) is 25.9 Å². The summed E-state index contributed by atoms with van der Waals surface area (Å²) in [6.07, 6.45) is -0.619. The van der Waals surface area contributed by atoms with E-state index in [1.54, 1.807) is 0 Å². The van der Waals surface area contributed by atoms with E-state index < -0.39 is 6.10 Å². The number of benzene rings is 2. The molecule has 0 bridgehead atoms. The molecule has 0 aromatic heterocycles. The van der Waals surface area contributed by atoms with Gasteiger partial charge in [-0.3, -0.25) is 4.90 Å². The van der Waals surface area contributed by atoms with E-state index in [9.17, 15) is 5.11 Å². The number of para-hydroxylation sites is 3. The minimum atomic E-state index is -0.619. The van der Waals surface area contributed by atoms with Gasteiger partial charge in [0.25, 0.3) is 0 Å². The van der Waals surface area contributed by atoms with Crippen molar-refractivity contribution in [2.75, 3.05) is 44.2 Å². The molecule has 7 nitrogen and oxygen atoms in total. The molecule has 0 spiro atoms. The lowest BCUT2D eigenvalue weighted by Gasteiger charge is -2.37. The number of nitrogens with zero attached hydrogens (tertiary/aromatic N) is 5. The van der Waals surface area contributed by atoms with Gasteiger partial charge in [-0.05, 0) is 29.8 Å². The molecule has 1 unspecified atom stereocenters. The molecule has 0 radical (unpaired) electrons. The van der Waals surface area contributed by atoms with E-state index in [4.69, 9.17) is 10.3 Å². The van der Waals surface area contributed by atoms with E-state index in [1.165, 1.54) is 0 Å². The Balaban J connectivity index is 1.60. The van der Waals surface area contributed by atoms with Crippen molar-refractivity contribution in [1.82, 2.24) is 4.90 Å². The third-order valence-corrected chi connectivity index (χ3v) is 4.37. The van der Waals surface area contributed by atoms with Gasteiger partial charge in [-0.15, -0.1) is 0 Å². The van der Waals surface area contributed by atoms with E-state index >= 15 is 0 Å². The van der Waals surface area contributed by atoms with Gasteiger partial charge < -0.3 is 14.7 Å². The van der Waals surface area contributed by atoms with E-state index in [0.717, 1.165) is 43.4 Å². The number of hydrogen-bond acceptors (Lipinski definition) is 5. The minimum absolute atomic E-state index is 0.116. The van der Waals surface area contributed by atoms with E-state index in [1.807, 2.05) is 48.5 Å². The molecule has 3 rings (SSSR count). The average Bonchev–Trinajstić information content (AvgIpc) is 2.68. The Kier molecular flexibility index (Phi) is 6.33. The summed E-state index contributed by atoms with van der Waals surface area (Å²) in [5.74, 6) is 1.66. The molecule has 1 atom stereocenters. The smallest absolute Gasteiger partial charge is 0.150 e. The van der Waals surface area contributed by atoms with Crippen LogP contribution in [0.3, 0.4) is 0 Å². The van der Waals surface area contributed by atoms with Crippen molar-refractivity contribution in [1.29, 1.82) is 0 Å². The van der Waals surface area contributed by atoms with Gasteiger partial charge in [0.15, 0.2) is 5.75 Å². The third kappa shape index (κ3) is 4.89. The van der Waals surface area contributed by atoms with Gasteiger partial charge in [0.1, 0.15) is 5.75 Å². The van der Waals surface area contributed by atoms with Crippen molar-refractivity contribution in [2.24, 2.45) is 5.11 Å². The molecule has 0 amide bonds. The molecule has 1 fully saturated rings. The van der Waals surface area contributed by atoms with Crippen LogP contribution in [0.1, 0.15) is 0 Å². The van der Waals surface area contributed by atoms with Crippen LogP contribution in [0, 0.1) is 0 Å². The number of piperazine rings is 1. The molecule has 1 aliphatic heterocycles. The Hall–Kier alpha value is -2.73. The van der Waals surface area contributed by atoms with Crippen LogP contribution < -0.4 is 9.64 Å². The van der Waals surface area contributed by atoms with Crippen molar-refractivity contribution in [3.63, 3.8) is 0 Å². The number of ether oxygens (including phenoxy) is 1. The second kappa shape index (κ2) is 9.10. The maximum absolute atomic E-state index is 9.88. The summed E-state index contributed by atoms with van der Waals surface area (Å²) in [5, 5.41) is 13.3. The largest absolute Gasteiger partial charge is 0.455 e. The fraction of sp³-hybridized carbons (Fsp3) is 0.368. The Morgan fingerprint density at radius 1 is 1.04 bits per heavy atom. The number of β-amino-alcohol motifs (C(OH)–C–C–N with tert-alkyl or cyclic N) is 1. The second-order valence-corrected chi connectivity index (χ2v) is 6.24. The third-order valence-electron chi connectivity index (χ3n) is 4.37. The molecule has 1 heterocycles. The SMILES string of the molecule is [N-]=[N+]=NCC(O)CN1CCN(c2ccccc2Oc2ccccc2)CC1. The van der Waals surface area contributed by atoms with Crippen LogP contribution in [-0.4, -0.2) is 55.4 Å². The highest BCUT2D eigenvalue weighted by Crippen LogP contribution is 2.32. The molecular formula is C19H23N5O2. The first-order valence-electron chi connectivity index (χ1n) is 8.74. The first-order valence-corrected chi connectivity index (χ1v) is 8.74. The van der Waals surface area contributed by atoms with Crippen LogP contribution in [0.25, 0.3) is 10.4 Å². The molecule has 0 saturated carbocycles. The number of aliphatic hydroxyl groups excluding tert-OH is 1. The summed E-state index contributed by atoms with van der Waals surface area (Å²) >= 11 is 0. The van der Waals surface area contributed by atoms with Crippen molar-refractivity contribution < 1.29 is 9.84 Å². The predicted octanol–water partition coefficient (Wildman–Crippen LogP) is 3.27. The summed E-state index contributed by atoms with van der Waals surface area (Å²) < 4.78 is 6.06. The Morgan fingerprint density at radius 3 is 2.46 bits per heavy atom. The molecule has 26 heavy (non-hydrogen) atoms. The lowest BCUT2D eigenvalue weighted by atomic mass is 10.2. The monoisotopic (exact) mass is 353 g/mol. The second-order valence-electron chi connectivity index (χ2n) is 6.24. The van der Waals surface area contributed by atoms with Gasteiger partial charge in [0.05, 0.1) is 18.3 Å². The van der Waals surface area contributed by atoms with Crippen LogP contribution in [-0.2, 0) is 0 Å². The quantitative estimate of drug-likeness (QED) is 0.470. The molecule has 136 valence electrons. The van der Waals surface area contributed by atoms with Crippen molar-refractivity contribution >= 4 is 5.69 Å². The maximum atomic E-state index is 9.88.